The Kier molecular flexibility index (Phi) is 2.92. The highest BCUT2D eigenvalue weighted by molar-refractivity contribution is 5.99. The van der Waals surface area contributed by atoms with Crippen molar-refractivity contribution < 1.29 is 19.1 Å². The number of rotatable bonds is 3. The lowest BCUT2D eigenvalue weighted by molar-refractivity contribution is -0.141. The molecular formula is C15H17NO4. The normalized spacial score (nSPS) is 18.7. The highest BCUT2D eigenvalue weighted by Crippen LogP contribution is 2.52. The molecule has 1 saturated carbocycles. The summed E-state index contributed by atoms with van der Waals surface area (Å²) in [7, 11) is 2.96. The number of fused-ring (bicyclic) bond motifs is 2. The smallest absolute Gasteiger partial charge is 0.325 e. The summed E-state index contributed by atoms with van der Waals surface area (Å²) in [5.74, 6) is 0.279. The van der Waals surface area contributed by atoms with E-state index in [-0.39, 0.29) is 23.8 Å². The summed E-state index contributed by atoms with van der Waals surface area (Å²) in [5.41, 5.74) is 1.74. The third kappa shape index (κ3) is 1.94. The first-order valence-electron chi connectivity index (χ1n) is 6.64. The second-order valence-corrected chi connectivity index (χ2v) is 5.43. The monoisotopic (exact) mass is 275 g/mol. The predicted octanol–water partition coefficient (Wildman–Crippen LogP) is 1.36. The lowest BCUT2D eigenvalue weighted by atomic mass is 9.86. The molecule has 0 aromatic heterocycles. The minimum absolute atomic E-state index is 0.00576. The highest BCUT2D eigenvalue weighted by Gasteiger charge is 2.51. The summed E-state index contributed by atoms with van der Waals surface area (Å²) < 4.78 is 9.91. The zero-order valence-corrected chi connectivity index (χ0v) is 11.6. The Morgan fingerprint density at radius 1 is 1.35 bits per heavy atom. The third-order valence-electron chi connectivity index (χ3n) is 4.21. The zero-order chi connectivity index (χ0) is 14.3. The number of carbonyl (C=O) groups is 2. The fourth-order valence-corrected chi connectivity index (χ4v) is 2.89. The van der Waals surface area contributed by atoms with Crippen LogP contribution in [0.4, 0.5) is 0 Å². The molecule has 0 unspecified atom stereocenters. The van der Waals surface area contributed by atoms with E-state index in [1.54, 1.807) is 24.1 Å². The van der Waals surface area contributed by atoms with Gasteiger partial charge in [-0.15, -0.1) is 0 Å². The number of hydrogen-bond donors (Lipinski definition) is 0. The molecular weight excluding hydrogens is 258 g/mol. The molecule has 5 nitrogen and oxygen atoms in total. The zero-order valence-electron chi connectivity index (χ0n) is 11.6. The summed E-state index contributed by atoms with van der Waals surface area (Å²) in [4.78, 5) is 25.5. The lowest BCUT2D eigenvalue weighted by Gasteiger charge is -2.34. The first-order chi connectivity index (χ1) is 9.59. The molecule has 0 bridgehead atoms. The average molecular weight is 275 g/mol. The van der Waals surface area contributed by atoms with Crippen molar-refractivity contribution in [2.75, 3.05) is 27.3 Å². The molecule has 5 heteroatoms. The van der Waals surface area contributed by atoms with E-state index in [2.05, 4.69) is 4.74 Å². The number of hydrogen-bond acceptors (Lipinski definition) is 4. The largest absolute Gasteiger partial charge is 0.497 e. The molecule has 1 fully saturated rings. The van der Waals surface area contributed by atoms with Gasteiger partial charge in [0, 0.05) is 17.5 Å². The minimum atomic E-state index is -0.383. The van der Waals surface area contributed by atoms with Crippen LogP contribution in [0.3, 0.4) is 0 Å². The Morgan fingerprint density at radius 2 is 2.10 bits per heavy atom. The van der Waals surface area contributed by atoms with Crippen LogP contribution in [0, 0.1) is 0 Å². The molecule has 1 aliphatic carbocycles. The molecule has 0 radical (unpaired) electrons. The van der Waals surface area contributed by atoms with E-state index in [4.69, 9.17) is 4.74 Å². The van der Waals surface area contributed by atoms with Crippen molar-refractivity contribution in [1.82, 2.24) is 4.90 Å². The van der Waals surface area contributed by atoms with Gasteiger partial charge >= 0.3 is 5.97 Å². The number of esters is 1. The van der Waals surface area contributed by atoms with E-state index in [1.807, 2.05) is 6.07 Å². The number of nitrogens with zero attached hydrogens (tertiary/aromatic N) is 1. The maximum Gasteiger partial charge on any atom is 0.325 e. The molecule has 1 spiro atoms. The Hall–Kier alpha value is -2.04. The van der Waals surface area contributed by atoms with Crippen molar-refractivity contribution in [3.05, 3.63) is 29.3 Å². The molecule has 1 aliphatic heterocycles. The van der Waals surface area contributed by atoms with Crippen LogP contribution in [0.25, 0.3) is 0 Å². The Bertz CT molecular complexity index is 577. The van der Waals surface area contributed by atoms with Gasteiger partial charge in [-0.05, 0) is 36.6 Å². The van der Waals surface area contributed by atoms with Crippen molar-refractivity contribution in [3.63, 3.8) is 0 Å². The van der Waals surface area contributed by atoms with Crippen molar-refractivity contribution >= 4 is 11.9 Å². The summed E-state index contributed by atoms with van der Waals surface area (Å²) in [6.07, 6.45) is 2.08. The van der Waals surface area contributed by atoms with Crippen LogP contribution in [0.1, 0.15) is 28.8 Å². The quantitative estimate of drug-likeness (QED) is 0.781. The fourth-order valence-electron chi connectivity index (χ4n) is 2.89. The Morgan fingerprint density at radius 3 is 2.70 bits per heavy atom. The van der Waals surface area contributed by atoms with Gasteiger partial charge in [-0.25, -0.2) is 0 Å². The number of amides is 1. The van der Waals surface area contributed by atoms with Crippen LogP contribution in [-0.4, -0.2) is 44.1 Å². The summed E-state index contributed by atoms with van der Waals surface area (Å²) in [6.45, 7) is 0.601. The topological polar surface area (TPSA) is 55.8 Å². The molecule has 20 heavy (non-hydrogen) atoms. The van der Waals surface area contributed by atoms with Gasteiger partial charge in [-0.1, -0.05) is 0 Å². The summed E-state index contributed by atoms with van der Waals surface area (Å²) in [5, 5.41) is 0. The molecule has 1 aromatic carbocycles. The summed E-state index contributed by atoms with van der Waals surface area (Å²) >= 11 is 0. The molecule has 0 N–H and O–H groups in total. The minimum Gasteiger partial charge on any atom is -0.497 e. The maximum atomic E-state index is 12.5. The predicted molar refractivity (Wildman–Crippen MR) is 71.8 cm³/mol. The number of methoxy groups -OCH3 is 2. The molecule has 0 atom stereocenters. The Labute approximate surface area is 117 Å². The van der Waals surface area contributed by atoms with Crippen LogP contribution in [0.5, 0.6) is 5.75 Å². The van der Waals surface area contributed by atoms with Gasteiger partial charge in [0.25, 0.3) is 5.91 Å². The van der Waals surface area contributed by atoms with Gasteiger partial charge in [-0.2, -0.15) is 0 Å². The first-order valence-corrected chi connectivity index (χ1v) is 6.64. The summed E-state index contributed by atoms with van der Waals surface area (Å²) in [6, 6.07) is 5.53. The van der Waals surface area contributed by atoms with Crippen LogP contribution < -0.4 is 4.74 Å². The SMILES string of the molecule is COC(=O)CN1CC2(CC2)c2cc(OC)ccc2C1=O. The third-order valence-corrected chi connectivity index (χ3v) is 4.21. The molecule has 2 aliphatic rings. The number of ether oxygens (including phenoxy) is 2. The van der Waals surface area contributed by atoms with Gasteiger partial charge in [0.05, 0.1) is 14.2 Å². The van der Waals surface area contributed by atoms with Crippen LogP contribution in [0.2, 0.25) is 0 Å². The second-order valence-electron chi connectivity index (χ2n) is 5.43. The Balaban J connectivity index is 1.97. The van der Waals surface area contributed by atoms with Crippen LogP contribution in [-0.2, 0) is 14.9 Å². The molecule has 1 heterocycles. The van der Waals surface area contributed by atoms with Gasteiger partial charge in [0.2, 0.25) is 0 Å². The standard InChI is InChI=1S/C15H17NO4/c1-19-10-3-4-11-12(7-10)15(5-6-15)9-16(14(11)18)8-13(17)20-2/h3-4,7H,5-6,8-9H2,1-2H3. The maximum absolute atomic E-state index is 12.5. The van der Waals surface area contributed by atoms with Gasteiger partial charge in [0.15, 0.2) is 0 Å². The van der Waals surface area contributed by atoms with E-state index in [9.17, 15) is 9.59 Å². The van der Waals surface area contributed by atoms with E-state index in [0.717, 1.165) is 24.2 Å². The molecule has 1 amide bonds. The van der Waals surface area contributed by atoms with Crippen LogP contribution in [0.15, 0.2) is 18.2 Å². The van der Waals surface area contributed by atoms with Crippen molar-refractivity contribution in [2.45, 2.75) is 18.3 Å². The van der Waals surface area contributed by atoms with Crippen molar-refractivity contribution in [1.29, 1.82) is 0 Å². The van der Waals surface area contributed by atoms with Crippen molar-refractivity contribution in [3.8, 4) is 5.75 Å². The van der Waals surface area contributed by atoms with Gasteiger partial charge < -0.3 is 14.4 Å². The van der Waals surface area contributed by atoms with Gasteiger partial charge in [0.1, 0.15) is 12.3 Å². The van der Waals surface area contributed by atoms with Gasteiger partial charge in [-0.3, -0.25) is 9.59 Å². The molecule has 106 valence electrons. The fraction of sp³-hybridized carbons (Fsp3) is 0.467. The van der Waals surface area contributed by atoms with E-state index in [1.165, 1.54) is 7.11 Å². The van der Waals surface area contributed by atoms with E-state index >= 15 is 0 Å². The molecule has 0 saturated heterocycles. The van der Waals surface area contributed by atoms with Crippen LogP contribution >= 0.6 is 0 Å². The first kappa shape index (κ1) is 13.0. The lowest BCUT2D eigenvalue weighted by Crippen LogP contribution is -2.45. The molecule has 1 aromatic rings. The van der Waals surface area contributed by atoms with E-state index in [0.29, 0.717) is 12.1 Å². The number of benzene rings is 1. The highest BCUT2D eigenvalue weighted by atomic mass is 16.5. The van der Waals surface area contributed by atoms with Crippen molar-refractivity contribution in [2.24, 2.45) is 0 Å². The number of carbonyl (C=O) groups excluding carboxylic acids is 2. The van der Waals surface area contributed by atoms with E-state index < -0.39 is 0 Å². The second kappa shape index (κ2) is 4.51. The average Bonchev–Trinajstić information content (AvgIpc) is 3.24. The molecule has 3 rings (SSSR count).